The Morgan fingerprint density at radius 2 is 1.85 bits per heavy atom. The number of benzene rings is 1. The summed E-state index contributed by atoms with van der Waals surface area (Å²) in [6.45, 7) is 3.37. The van der Waals surface area contributed by atoms with E-state index < -0.39 is 0 Å². The number of carbonyl (C=O) groups is 1. The standard InChI is InChI=1S/C16H24N2O2/c1-12(19)18-15-6-2-13(3-7-15)10-17-11-14-4-8-16(20)9-5-14/h2-3,6-7,14,16-17,20H,4-5,8-11H2,1H3,(H,18,19). The van der Waals surface area contributed by atoms with Crippen molar-refractivity contribution >= 4 is 11.6 Å². The van der Waals surface area contributed by atoms with Crippen molar-refractivity contribution in [3.63, 3.8) is 0 Å². The van der Waals surface area contributed by atoms with Crippen molar-refractivity contribution in [3.8, 4) is 0 Å². The van der Waals surface area contributed by atoms with E-state index in [-0.39, 0.29) is 12.0 Å². The maximum Gasteiger partial charge on any atom is 0.221 e. The fourth-order valence-corrected chi connectivity index (χ4v) is 2.68. The van der Waals surface area contributed by atoms with Gasteiger partial charge < -0.3 is 15.7 Å². The van der Waals surface area contributed by atoms with Crippen molar-refractivity contribution in [1.82, 2.24) is 5.32 Å². The molecule has 110 valence electrons. The van der Waals surface area contributed by atoms with Gasteiger partial charge in [-0.2, -0.15) is 0 Å². The lowest BCUT2D eigenvalue weighted by atomic mass is 9.87. The van der Waals surface area contributed by atoms with Crippen molar-refractivity contribution in [2.45, 2.75) is 45.3 Å². The van der Waals surface area contributed by atoms with E-state index in [4.69, 9.17) is 0 Å². The molecule has 0 atom stereocenters. The van der Waals surface area contributed by atoms with Gasteiger partial charge in [0.1, 0.15) is 0 Å². The fraction of sp³-hybridized carbons (Fsp3) is 0.562. The third-order valence-corrected chi connectivity index (χ3v) is 3.85. The number of carbonyl (C=O) groups excluding carboxylic acids is 1. The van der Waals surface area contributed by atoms with Crippen molar-refractivity contribution in [2.75, 3.05) is 11.9 Å². The summed E-state index contributed by atoms with van der Waals surface area (Å²) in [6.07, 6.45) is 4.05. The molecule has 3 N–H and O–H groups in total. The van der Waals surface area contributed by atoms with Gasteiger partial charge in [-0.05, 0) is 55.8 Å². The predicted octanol–water partition coefficient (Wildman–Crippen LogP) is 2.29. The van der Waals surface area contributed by atoms with E-state index in [2.05, 4.69) is 10.6 Å². The first-order chi connectivity index (χ1) is 9.63. The lowest BCUT2D eigenvalue weighted by molar-refractivity contribution is -0.114. The largest absolute Gasteiger partial charge is 0.393 e. The van der Waals surface area contributed by atoms with Crippen LogP contribution in [0.15, 0.2) is 24.3 Å². The minimum Gasteiger partial charge on any atom is -0.393 e. The minimum atomic E-state index is -0.0763. The van der Waals surface area contributed by atoms with Gasteiger partial charge in [0.2, 0.25) is 5.91 Å². The SMILES string of the molecule is CC(=O)Nc1ccc(CNCC2CCC(O)CC2)cc1. The van der Waals surface area contributed by atoms with E-state index in [9.17, 15) is 9.90 Å². The molecule has 1 aliphatic carbocycles. The highest BCUT2D eigenvalue weighted by atomic mass is 16.3. The van der Waals surface area contributed by atoms with E-state index in [1.807, 2.05) is 24.3 Å². The minimum absolute atomic E-state index is 0.0460. The molecule has 0 aromatic heterocycles. The molecule has 0 heterocycles. The zero-order valence-corrected chi connectivity index (χ0v) is 12.1. The molecule has 1 aromatic carbocycles. The molecule has 1 aliphatic rings. The van der Waals surface area contributed by atoms with Gasteiger partial charge in [-0.3, -0.25) is 4.79 Å². The van der Waals surface area contributed by atoms with Crippen molar-refractivity contribution < 1.29 is 9.90 Å². The molecule has 0 spiro atoms. The Morgan fingerprint density at radius 3 is 2.45 bits per heavy atom. The number of hydrogen-bond acceptors (Lipinski definition) is 3. The molecule has 0 aliphatic heterocycles. The maximum atomic E-state index is 10.9. The topological polar surface area (TPSA) is 61.4 Å². The highest BCUT2D eigenvalue weighted by molar-refractivity contribution is 5.88. The first kappa shape index (κ1) is 15.0. The molecular formula is C16H24N2O2. The van der Waals surface area contributed by atoms with Crippen molar-refractivity contribution in [2.24, 2.45) is 5.92 Å². The van der Waals surface area contributed by atoms with Crippen LogP contribution in [0.2, 0.25) is 0 Å². The van der Waals surface area contributed by atoms with Crippen LogP contribution < -0.4 is 10.6 Å². The number of rotatable bonds is 5. The summed E-state index contributed by atoms with van der Waals surface area (Å²) >= 11 is 0. The molecular weight excluding hydrogens is 252 g/mol. The summed E-state index contributed by atoms with van der Waals surface area (Å²) in [6, 6.07) is 7.91. The predicted molar refractivity (Wildman–Crippen MR) is 80.4 cm³/mol. The van der Waals surface area contributed by atoms with Crippen LogP contribution in [0.3, 0.4) is 0 Å². The Hall–Kier alpha value is -1.39. The maximum absolute atomic E-state index is 10.9. The molecule has 1 fully saturated rings. The van der Waals surface area contributed by atoms with Crippen molar-refractivity contribution in [1.29, 1.82) is 0 Å². The first-order valence-electron chi connectivity index (χ1n) is 7.39. The molecule has 1 aromatic rings. The van der Waals surface area contributed by atoms with Gasteiger partial charge in [0.15, 0.2) is 0 Å². The van der Waals surface area contributed by atoms with Crippen LogP contribution >= 0.6 is 0 Å². The third-order valence-electron chi connectivity index (χ3n) is 3.85. The van der Waals surface area contributed by atoms with Gasteiger partial charge in [-0.25, -0.2) is 0 Å². The summed E-state index contributed by atoms with van der Waals surface area (Å²) in [4.78, 5) is 10.9. The second kappa shape index (κ2) is 7.41. The Kier molecular flexibility index (Phi) is 5.56. The highest BCUT2D eigenvalue weighted by Crippen LogP contribution is 2.23. The van der Waals surface area contributed by atoms with Crippen molar-refractivity contribution in [3.05, 3.63) is 29.8 Å². The van der Waals surface area contributed by atoms with Crippen LogP contribution in [0.4, 0.5) is 5.69 Å². The van der Waals surface area contributed by atoms with Crippen LogP contribution in [0.1, 0.15) is 38.2 Å². The van der Waals surface area contributed by atoms with Gasteiger partial charge in [-0.1, -0.05) is 12.1 Å². The lowest BCUT2D eigenvalue weighted by Gasteiger charge is -2.25. The number of aliphatic hydroxyl groups is 1. The number of nitrogens with one attached hydrogen (secondary N) is 2. The summed E-state index contributed by atoms with van der Waals surface area (Å²) < 4.78 is 0. The van der Waals surface area contributed by atoms with E-state index >= 15 is 0 Å². The van der Waals surface area contributed by atoms with Crippen LogP contribution in [0.25, 0.3) is 0 Å². The Morgan fingerprint density at radius 1 is 1.20 bits per heavy atom. The van der Waals surface area contributed by atoms with Gasteiger partial charge in [0, 0.05) is 19.2 Å². The Bertz CT molecular complexity index is 423. The average Bonchev–Trinajstić information content (AvgIpc) is 2.42. The molecule has 0 bridgehead atoms. The average molecular weight is 276 g/mol. The van der Waals surface area contributed by atoms with Gasteiger partial charge in [0.25, 0.3) is 0 Å². The molecule has 1 saturated carbocycles. The Balaban J connectivity index is 1.70. The summed E-state index contributed by atoms with van der Waals surface area (Å²) in [5.41, 5.74) is 2.05. The summed E-state index contributed by atoms with van der Waals surface area (Å²) in [5.74, 6) is 0.646. The van der Waals surface area contributed by atoms with Crippen LogP contribution in [-0.2, 0) is 11.3 Å². The normalized spacial score (nSPS) is 22.5. The molecule has 4 nitrogen and oxygen atoms in total. The van der Waals surface area contributed by atoms with Gasteiger partial charge in [-0.15, -0.1) is 0 Å². The molecule has 1 amide bonds. The van der Waals surface area contributed by atoms with Crippen LogP contribution in [-0.4, -0.2) is 23.7 Å². The lowest BCUT2D eigenvalue weighted by Crippen LogP contribution is -2.27. The monoisotopic (exact) mass is 276 g/mol. The van der Waals surface area contributed by atoms with E-state index in [1.54, 1.807) is 0 Å². The molecule has 0 unspecified atom stereocenters. The van der Waals surface area contributed by atoms with E-state index in [0.717, 1.165) is 44.5 Å². The quantitative estimate of drug-likeness (QED) is 0.773. The Labute approximate surface area is 120 Å². The summed E-state index contributed by atoms with van der Waals surface area (Å²) in [5, 5.41) is 15.7. The van der Waals surface area contributed by atoms with Gasteiger partial charge in [0.05, 0.1) is 6.10 Å². The van der Waals surface area contributed by atoms with E-state index in [0.29, 0.717) is 5.92 Å². The number of anilines is 1. The molecule has 20 heavy (non-hydrogen) atoms. The van der Waals surface area contributed by atoms with Gasteiger partial charge >= 0.3 is 0 Å². The molecule has 2 rings (SSSR count). The van der Waals surface area contributed by atoms with E-state index in [1.165, 1.54) is 12.5 Å². The highest BCUT2D eigenvalue weighted by Gasteiger charge is 2.18. The molecule has 0 radical (unpaired) electrons. The fourth-order valence-electron chi connectivity index (χ4n) is 2.68. The zero-order chi connectivity index (χ0) is 14.4. The smallest absolute Gasteiger partial charge is 0.221 e. The number of aliphatic hydroxyl groups excluding tert-OH is 1. The zero-order valence-electron chi connectivity index (χ0n) is 12.1. The van der Waals surface area contributed by atoms with Crippen LogP contribution in [0, 0.1) is 5.92 Å². The number of amides is 1. The second-order valence-electron chi connectivity index (χ2n) is 5.68. The molecule has 0 saturated heterocycles. The second-order valence-corrected chi connectivity index (χ2v) is 5.68. The first-order valence-corrected chi connectivity index (χ1v) is 7.39. The third kappa shape index (κ3) is 4.94. The molecule has 4 heteroatoms. The van der Waals surface area contributed by atoms with Crippen LogP contribution in [0.5, 0.6) is 0 Å². The number of hydrogen-bond donors (Lipinski definition) is 3. The summed E-state index contributed by atoms with van der Waals surface area (Å²) in [7, 11) is 0.